The number of hydrogen-bond acceptors (Lipinski definition) is 2. The zero-order valence-electron chi connectivity index (χ0n) is 8.50. The summed E-state index contributed by atoms with van der Waals surface area (Å²) in [5.41, 5.74) is 0.693. The number of rotatable bonds is 3. The maximum atomic E-state index is 12.7. The van der Waals surface area contributed by atoms with Gasteiger partial charge in [-0.15, -0.1) is 0 Å². The molecule has 2 nitrogen and oxygen atoms in total. The van der Waals surface area contributed by atoms with E-state index in [-0.39, 0.29) is 11.6 Å². The van der Waals surface area contributed by atoms with Crippen LogP contribution in [0.25, 0.3) is 0 Å². The molecule has 0 N–H and O–H groups in total. The average Bonchev–Trinajstić information content (AvgIpc) is 2.09. The van der Waals surface area contributed by atoms with E-state index in [1.54, 1.807) is 13.8 Å². The van der Waals surface area contributed by atoms with Crippen LogP contribution in [-0.4, -0.2) is 11.9 Å². The predicted octanol–water partition coefficient (Wildman–Crippen LogP) is 2.49. The first-order valence-corrected chi connectivity index (χ1v) is 4.44. The third-order valence-electron chi connectivity index (χ3n) is 2.01. The zero-order valence-corrected chi connectivity index (χ0v) is 8.50. The van der Waals surface area contributed by atoms with Gasteiger partial charge in [0, 0.05) is 0 Å². The summed E-state index contributed by atoms with van der Waals surface area (Å²) in [4.78, 5) is 10.9. The molecular formula is C11H13FO2. The number of carbonyl (C=O) groups excluding carboxylic acids is 1. The minimum Gasteiger partial charge on any atom is -0.483 e. The lowest BCUT2D eigenvalue weighted by Gasteiger charge is -2.13. The minimum atomic E-state index is -0.487. The molecule has 0 spiro atoms. The number of halogens is 1. The molecule has 0 radical (unpaired) electrons. The van der Waals surface area contributed by atoms with Gasteiger partial charge in [0.2, 0.25) is 0 Å². The molecule has 0 aromatic heterocycles. The molecule has 0 aliphatic heterocycles. The molecule has 1 aromatic carbocycles. The summed E-state index contributed by atoms with van der Waals surface area (Å²) in [7, 11) is 0. The summed E-state index contributed by atoms with van der Waals surface area (Å²) in [5.74, 6) is 0.202. The van der Waals surface area contributed by atoms with Crippen molar-refractivity contribution in [2.45, 2.75) is 26.9 Å². The van der Waals surface area contributed by atoms with Gasteiger partial charge in [-0.05, 0) is 44.5 Å². The predicted molar refractivity (Wildman–Crippen MR) is 51.9 cm³/mol. The Kier molecular flexibility index (Phi) is 3.23. The molecule has 1 aromatic rings. The molecule has 14 heavy (non-hydrogen) atoms. The summed E-state index contributed by atoms with van der Waals surface area (Å²) in [5, 5.41) is 0. The number of ketones is 1. The molecule has 0 unspecified atom stereocenters. The van der Waals surface area contributed by atoms with Gasteiger partial charge in [0.1, 0.15) is 11.6 Å². The van der Waals surface area contributed by atoms with Crippen molar-refractivity contribution >= 4 is 5.78 Å². The quantitative estimate of drug-likeness (QED) is 0.742. The fraction of sp³-hybridized carbons (Fsp3) is 0.364. The second kappa shape index (κ2) is 4.22. The Hall–Kier alpha value is -1.38. The Morgan fingerprint density at radius 2 is 2.14 bits per heavy atom. The van der Waals surface area contributed by atoms with Crippen molar-refractivity contribution in [1.82, 2.24) is 0 Å². The van der Waals surface area contributed by atoms with Gasteiger partial charge < -0.3 is 4.74 Å². The highest BCUT2D eigenvalue weighted by atomic mass is 19.1. The largest absolute Gasteiger partial charge is 0.483 e. The number of hydrogen-bond donors (Lipinski definition) is 0. The zero-order chi connectivity index (χ0) is 10.7. The topological polar surface area (TPSA) is 26.3 Å². The molecule has 3 heteroatoms. The maximum absolute atomic E-state index is 12.7. The van der Waals surface area contributed by atoms with E-state index in [0.717, 1.165) is 0 Å². The molecule has 0 amide bonds. The molecule has 1 atom stereocenters. The number of ether oxygens (including phenoxy) is 1. The van der Waals surface area contributed by atoms with Crippen molar-refractivity contribution in [3.63, 3.8) is 0 Å². The fourth-order valence-corrected chi connectivity index (χ4v) is 1.02. The van der Waals surface area contributed by atoms with Gasteiger partial charge in [0.05, 0.1) is 0 Å². The molecule has 0 fully saturated rings. The van der Waals surface area contributed by atoms with Crippen molar-refractivity contribution in [3.05, 3.63) is 29.6 Å². The Bertz CT molecular complexity index is 347. The van der Waals surface area contributed by atoms with Gasteiger partial charge >= 0.3 is 0 Å². The Morgan fingerprint density at radius 1 is 1.50 bits per heavy atom. The van der Waals surface area contributed by atoms with E-state index in [1.165, 1.54) is 25.1 Å². The lowest BCUT2D eigenvalue weighted by molar-refractivity contribution is -0.122. The van der Waals surface area contributed by atoms with Crippen molar-refractivity contribution in [1.29, 1.82) is 0 Å². The second-order valence-corrected chi connectivity index (χ2v) is 3.28. The van der Waals surface area contributed by atoms with Gasteiger partial charge in [-0.1, -0.05) is 0 Å². The molecule has 0 bridgehead atoms. The number of Topliss-reactive ketones (excluding diaryl/α,β-unsaturated/α-hetero) is 1. The number of benzene rings is 1. The highest BCUT2D eigenvalue weighted by Crippen LogP contribution is 2.19. The fourth-order valence-electron chi connectivity index (χ4n) is 1.02. The van der Waals surface area contributed by atoms with Crippen LogP contribution in [0.15, 0.2) is 18.2 Å². The SMILES string of the molecule is CC(=O)[C@H](C)Oc1ccc(F)cc1C. The number of carbonyl (C=O) groups is 1. The van der Waals surface area contributed by atoms with E-state index >= 15 is 0 Å². The van der Waals surface area contributed by atoms with Crippen molar-refractivity contribution < 1.29 is 13.9 Å². The Balaban J connectivity index is 2.82. The molecule has 0 aliphatic rings. The monoisotopic (exact) mass is 196 g/mol. The van der Waals surface area contributed by atoms with Crippen LogP contribution >= 0.6 is 0 Å². The van der Waals surface area contributed by atoms with Gasteiger partial charge in [-0.3, -0.25) is 4.79 Å². The highest BCUT2D eigenvalue weighted by Gasteiger charge is 2.10. The first kappa shape index (κ1) is 10.7. The van der Waals surface area contributed by atoms with Crippen LogP contribution in [0.3, 0.4) is 0 Å². The summed E-state index contributed by atoms with van der Waals surface area (Å²) in [6.07, 6.45) is -0.487. The van der Waals surface area contributed by atoms with Crippen LogP contribution < -0.4 is 4.74 Å². The van der Waals surface area contributed by atoms with Crippen molar-refractivity contribution in [3.8, 4) is 5.75 Å². The third kappa shape index (κ3) is 2.55. The Labute approximate surface area is 82.7 Å². The molecule has 1 rings (SSSR count). The first-order chi connectivity index (χ1) is 6.50. The van der Waals surface area contributed by atoms with Gasteiger partial charge in [0.25, 0.3) is 0 Å². The van der Waals surface area contributed by atoms with Crippen LogP contribution in [0, 0.1) is 12.7 Å². The number of aryl methyl sites for hydroxylation is 1. The highest BCUT2D eigenvalue weighted by molar-refractivity contribution is 5.80. The second-order valence-electron chi connectivity index (χ2n) is 3.28. The van der Waals surface area contributed by atoms with Crippen molar-refractivity contribution in [2.24, 2.45) is 0 Å². The molecule has 0 aliphatic carbocycles. The molecular weight excluding hydrogens is 183 g/mol. The minimum absolute atomic E-state index is 0.0475. The van der Waals surface area contributed by atoms with Gasteiger partial charge in [0.15, 0.2) is 11.9 Å². The molecule has 0 heterocycles. The normalized spacial score (nSPS) is 12.3. The summed E-state index contributed by atoms with van der Waals surface area (Å²) in [6, 6.07) is 4.22. The Morgan fingerprint density at radius 3 is 2.64 bits per heavy atom. The van der Waals surface area contributed by atoms with Crippen LogP contribution in [0.5, 0.6) is 5.75 Å². The average molecular weight is 196 g/mol. The van der Waals surface area contributed by atoms with Crippen LogP contribution in [0.1, 0.15) is 19.4 Å². The lowest BCUT2D eigenvalue weighted by Crippen LogP contribution is -2.21. The van der Waals surface area contributed by atoms with Crippen LogP contribution in [0.2, 0.25) is 0 Å². The van der Waals surface area contributed by atoms with E-state index < -0.39 is 6.10 Å². The third-order valence-corrected chi connectivity index (χ3v) is 2.01. The van der Waals surface area contributed by atoms with E-state index in [9.17, 15) is 9.18 Å². The van der Waals surface area contributed by atoms with E-state index in [2.05, 4.69) is 0 Å². The standard InChI is InChI=1S/C11H13FO2/c1-7-6-10(12)4-5-11(7)14-9(3)8(2)13/h4-6,9H,1-3H3/t9-/m0/s1. The van der Waals surface area contributed by atoms with E-state index in [0.29, 0.717) is 11.3 Å². The van der Waals surface area contributed by atoms with Gasteiger partial charge in [-0.25, -0.2) is 4.39 Å². The maximum Gasteiger partial charge on any atom is 0.169 e. The van der Waals surface area contributed by atoms with Crippen LogP contribution in [-0.2, 0) is 4.79 Å². The van der Waals surface area contributed by atoms with E-state index in [1.807, 2.05) is 0 Å². The molecule has 0 saturated carbocycles. The summed E-state index contributed by atoms with van der Waals surface area (Å²) in [6.45, 7) is 4.87. The molecule has 0 saturated heterocycles. The van der Waals surface area contributed by atoms with E-state index in [4.69, 9.17) is 4.74 Å². The lowest BCUT2D eigenvalue weighted by atomic mass is 10.2. The first-order valence-electron chi connectivity index (χ1n) is 4.44. The van der Waals surface area contributed by atoms with Gasteiger partial charge in [-0.2, -0.15) is 0 Å². The molecule has 76 valence electrons. The summed E-state index contributed by atoms with van der Waals surface area (Å²) >= 11 is 0. The smallest absolute Gasteiger partial charge is 0.169 e. The van der Waals surface area contributed by atoms with Crippen molar-refractivity contribution in [2.75, 3.05) is 0 Å². The van der Waals surface area contributed by atoms with Crippen LogP contribution in [0.4, 0.5) is 4.39 Å². The summed E-state index contributed by atoms with van der Waals surface area (Å²) < 4.78 is 18.1.